The molecule has 1 aromatic heterocycles. The zero-order chi connectivity index (χ0) is 16.7. The number of alkyl halides is 2. The van der Waals surface area contributed by atoms with Crippen LogP contribution in [0.1, 0.15) is 16.7 Å². The lowest BCUT2D eigenvalue weighted by atomic mass is 9.98. The van der Waals surface area contributed by atoms with Crippen LogP contribution in [0.15, 0.2) is 40.6 Å². The topological polar surface area (TPSA) is 76.3 Å². The van der Waals surface area contributed by atoms with Crippen LogP contribution in [-0.2, 0) is 12.8 Å². The van der Waals surface area contributed by atoms with Gasteiger partial charge in [-0.05, 0) is 23.8 Å². The maximum Gasteiger partial charge on any atom is 0.586 e. The Morgan fingerprint density at radius 3 is 2.92 bits per heavy atom. The molecule has 1 aromatic carbocycles. The van der Waals surface area contributed by atoms with Crippen LogP contribution >= 0.6 is 0 Å². The second-order valence-corrected chi connectivity index (χ2v) is 5.35. The van der Waals surface area contributed by atoms with E-state index >= 15 is 0 Å². The number of hydrogen-bond acceptors (Lipinski definition) is 6. The molecule has 0 spiro atoms. The average molecular weight is 331 g/mol. The molecule has 8 heteroatoms. The molecule has 0 bridgehead atoms. The van der Waals surface area contributed by atoms with Gasteiger partial charge in [0.15, 0.2) is 17.3 Å². The maximum absolute atomic E-state index is 13.1. The quantitative estimate of drug-likeness (QED) is 0.533. The van der Waals surface area contributed by atoms with E-state index in [0.717, 1.165) is 11.1 Å². The maximum atomic E-state index is 13.1. The number of rotatable bonds is 3. The minimum Gasteiger partial charge on any atom is -0.411 e. The second kappa shape index (κ2) is 5.26. The third kappa shape index (κ3) is 2.45. The van der Waals surface area contributed by atoms with Crippen molar-refractivity contribution in [3.63, 3.8) is 0 Å². The van der Waals surface area contributed by atoms with Gasteiger partial charge < -0.3 is 14.7 Å². The molecule has 6 nitrogen and oxygen atoms in total. The van der Waals surface area contributed by atoms with Gasteiger partial charge in [0.05, 0.1) is 5.71 Å². The smallest absolute Gasteiger partial charge is 0.411 e. The molecule has 0 radical (unpaired) electrons. The van der Waals surface area contributed by atoms with E-state index < -0.39 is 6.29 Å². The standard InChI is InChI=1S/C16H11F2N3O3/c17-16(18)23-13-2-1-9(8-14(13)24-16)7-12(21-22)10-3-5-19-15-11(10)4-6-20-15/h1-3,5-6,8,22H,4,7H2/b21-12+. The molecule has 2 aliphatic rings. The van der Waals surface area contributed by atoms with Crippen molar-refractivity contribution in [2.45, 2.75) is 19.1 Å². The Bertz CT molecular complexity index is 881. The van der Waals surface area contributed by atoms with Crippen molar-refractivity contribution in [3.05, 3.63) is 47.2 Å². The van der Waals surface area contributed by atoms with Crippen LogP contribution in [0.5, 0.6) is 11.5 Å². The van der Waals surface area contributed by atoms with Crippen LogP contribution in [-0.4, -0.2) is 28.4 Å². The van der Waals surface area contributed by atoms with E-state index in [1.807, 2.05) is 0 Å². The number of benzene rings is 1. The van der Waals surface area contributed by atoms with Crippen molar-refractivity contribution in [2.24, 2.45) is 10.1 Å². The van der Waals surface area contributed by atoms with E-state index in [2.05, 4.69) is 24.6 Å². The molecule has 122 valence electrons. The number of nitrogens with zero attached hydrogens (tertiary/aromatic N) is 3. The van der Waals surface area contributed by atoms with Gasteiger partial charge in [0.25, 0.3) is 0 Å². The van der Waals surface area contributed by atoms with Crippen molar-refractivity contribution in [1.82, 2.24) is 4.98 Å². The zero-order valence-electron chi connectivity index (χ0n) is 12.2. The largest absolute Gasteiger partial charge is 0.586 e. The molecule has 0 saturated carbocycles. The first-order chi connectivity index (χ1) is 11.6. The molecule has 0 atom stereocenters. The van der Waals surface area contributed by atoms with E-state index in [9.17, 15) is 14.0 Å². The van der Waals surface area contributed by atoms with Crippen LogP contribution in [0, 0.1) is 0 Å². The molecule has 0 unspecified atom stereocenters. The molecule has 1 N–H and O–H groups in total. The van der Waals surface area contributed by atoms with Crippen molar-refractivity contribution in [1.29, 1.82) is 0 Å². The highest BCUT2D eigenvalue weighted by Crippen LogP contribution is 2.41. The number of aliphatic imine (C=N–C) groups is 1. The van der Waals surface area contributed by atoms with E-state index in [0.29, 0.717) is 23.5 Å². The van der Waals surface area contributed by atoms with Gasteiger partial charge in [0, 0.05) is 36.4 Å². The number of ether oxygens (including phenoxy) is 2. The Morgan fingerprint density at radius 2 is 2.08 bits per heavy atom. The lowest BCUT2D eigenvalue weighted by Gasteiger charge is -2.09. The summed E-state index contributed by atoms with van der Waals surface area (Å²) < 4.78 is 35.0. The highest BCUT2D eigenvalue weighted by Gasteiger charge is 2.43. The van der Waals surface area contributed by atoms with Gasteiger partial charge in [0.1, 0.15) is 0 Å². The zero-order valence-corrected chi connectivity index (χ0v) is 12.2. The summed E-state index contributed by atoms with van der Waals surface area (Å²) in [6, 6.07) is 6.20. The summed E-state index contributed by atoms with van der Waals surface area (Å²) in [5, 5.41) is 12.8. The van der Waals surface area contributed by atoms with Gasteiger partial charge in [-0.3, -0.25) is 0 Å². The number of fused-ring (bicyclic) bond motifs is 2. The van der Waals surface area contributed by atoms with Crippen LogP contribution in [0.4, 0.5) is 14.6 Å². The molecule has 2 aliphatic heterocycles. The number of aromatic nitrogens is 1. The van der Waals surface area contributed by atoms with Crippen molar-refractivity contribution < 1.29 is 23.5 Å². The van der Waals surface area contributed by atoms with Gasteiger partial charge in [-0.25, -0.2) is 9.98 Å². The molecule has 0 amide bonds. The molecular formula is C16H11F2N3O3. The fourth-order valence-corrected chi connectivity index (χ4v) is 2.77. The molecule has 0 fully saturated rings. The summed E-state index contributed by atoms with van der Waals surface area (Å²) in [4.78, 5) is 8.31. The summed E-state index contributed by atoms with van der Waals surface area (Å²) in [7, 11) is 0. The van der Waals surface area contributed by atoms with E-state index in [1.165, 1.54) is 12.1 Å². The molecule has 24 heavy (non-hydrogen) atoms. The SMILES string of the molecule is O/N=C(\Cc1ccc2c(c1)OC(F)(F)O2)c1ccnc2c1CC=N2. The summed E-state index contributed by atoms with van der Waals surface area (Å²) in [5.41, 5.74) is 2.64. The van der Waals surface area contributed by atoms with Crippen LogP contribution < -0.4 is 9.47 Å². The highest BCUT2D eigenvalue weighted by molar-refractivity contribution is 6.04. The lowest BCUT2D eigenvalue weighted by Crippen LogP contribution is -2.25. The van der Waals surface area contributed by atoms with E-state index in [4.69, 9.17) is 0 Å². The van der Waals surface area contributed by atoms with E-state index in [-0.39, 0.29) is 17.9 Å². The molecular weight excluding hydrogens is 320 g/mol. The van der Waals surface area contributed by atoms with Gasteiger partial charge in [0.2, 0.25) is 0 Å². The monoisotopic (exact) mass is 331 g/mol. The Morgan fingerprint density at radius 1 is 1.25 bits per heavy atom. The second-order valence-electron chi connectivity index (χ2n) is 5.35. The Balaban J connectivity index is 1.63. The highest BCUT2D eigenvalue weighted by atomic mass is 19.3. The number of halogens is 2. The van der Waals surface area contributed by atoms with E-state index in [1.54, 1.807) is 24.5 Å². The Kier molecular flexibility index (Phi) is 3.19. The number of oxime groups is 1. The number of pyridine rings is 1. The minimum atomic E-state index is -3.65. The first kappa shape index (κ1) is 14.6. The molecule has 2 aromatic rings. The first-order valence-electron chi connectivity index (χ1n) is 7.16. The van der Waals surface area contributed by atoms with Crippen LogP contribution in [0.25, 0.3) is 0 Å². The Labute approximate surface area is 135 Å². The predicted octanol–water partition coefficient (Wildman–Crippen LogP) is 3.08. The molecule has 0 aliphatic carbocycles. The van der Waals surface area contributed by atoms with Crippen LogP contribution in [0.3, 0.4) is 0 Å². The Hall–Kier alpha value is -3.03. The summed E-state index contributed by atoms with van der Waals surface area (Å²) in [5.74, 6) is 0.529. The van der Waals surface area contributed by atoms with Crippen molar-refractivity contribution >= 4 is 17.7 Å². The van der Waals surface area contributed by atoms with Gasteiger partial charge in [-0.2, -0.15) is 0 Å². The summed E-state index contributed by atoms with van der Waals surface area (Å²) in [6.45, 7) is 0. The number of hydrogen-bond donors (Lipinski definition) is 1. The molecule has 4 rings (SSSR count). The third-order valence-corrected chi connectivity index (χ3v) is 3.81. The van der Waals surface area contributed by atoms with Crippen LogP contribution in [0.2, 0.25) is 0 Å². The molecule has 0 saturated heterocycles. The van der Waals surface area contributed by atoms with Gasteiger partial charge in [-0.1, -0.05) is 11.2 Å². The normalized spacial score (nSPS) is 17.2. The molecule has 3 heterocycles. The predicted molar refractivity (Wildman–Crippen MR) is 80.8 cm³/mol. The fourth-order valence-electron chi connectivity index (χ4n) is 2.77. The summed E-state index contributed by atoms with van der Waals surface area (Å²) >= 11 is 0. The first-order valence-corrected chi connectivity index (χ1v) is 7.16. The lowest BCUT2D eigenvalue weighted by molar-refractivity contribution is -0.286. The van der Waals surface area contributed by atoms with Crippen molar-refractivity contribution in [2.75, 3.05) is 0 Å². The third-order valence-electron chi connectivity index (χ3n) is 3.81. The summed E-state index contributed by atoms with van der Waals surface area (Å²) in [6.07, 6.45) is 0.499. The van der Waals surface area contributed by atoms with Gasteiger partial charge >= 0.3 is 6.29 Å². The van der Waals surface area contributed by atoms with Gasteiger partial charge in [-0.15, -0.1) is 8.78 Å². The fraction of sp³-hybridized carbons (Fsp3) is 0.188. The average Bonchev–Trinajstić information content (AvgIpc) is 3.14. The minimum absolute atomic E-state index is 0.0237. The van der Waals surface area contributed by atoms with Crippen molar-refractivity contribution in [3.8, 4) is 11.5 Å².